The van der Waals surface area contributed by atoms with Gasteiger partial charge in [0.05, 0.1) is 5.56 Å². The Bertz CT molecular complexity index is 619. The Hall–Kier alpha value is -1.58. The first-order valence-electron chi connectivity index (χ1n) is 6.79. The molecular weight excluding hydrogens is 316 g/mol. The fraction of sp³-hybridized carbons (Fsp3) is 0.462. The van der Waals surface area contributed by atoms with Crippen LogP contribution in [0.5, 0.6) is 0 Å². The summed E-state index contributed by atoms with van der Waals surface area (Å²) in [6.45, 7) is 4.03. The van der Waals surface area contributed by atoms with E-state index in [1.165, 1.54) is 4.31 Å². The normalized spacial score (nSPS) is 11.7. The highest BCUT2D eigenvalue weighted by atomic mass is 32.2. The molecule has 0 bridgehead atoms. The van der Waals surface area contributed by atoms with Gasteiger partial charge in [-0.15, -0.1) is 0 Å². The highest BCUT2D eigenvalue weighted by Gasteiger charge is 2.17. The third-order valence-electron chi connectivity index (χ3n) is 2.92. The standard InChI is InChI=1S/C13H19F2N3O3S/c1-3-18(4-2)22(20,21)17-8-7-16-13(19)11-6-5-10(14)9-12(11)15/h5-6,9,17H,3-4,7-8H2,1-2H3,(H,16,19). The minimum Gasteiger partial charge on any atom is -0.351 e. The fourth-order valence-corrected chi connectivity index (χ4v) is 3.00. The summed E-state index contributed by atoms with van der Waals surface area (Å²) in [5.41, 5.74) is -0.298. The van der Waals surface area contributed by atoms with E-state index in [-0.39, 0.29) is 18.7 Å². The van der Waals surface area contributed by atoms with Gasteiger partial charge in [0.2, 0.25) is 0 Å². The molecule has 1 amide bonds. The van der Waals surface area contributed by atoms with Crippen molar-refractivity contribution in [1.29, 1.82) is 0 Å². The molecule has 6 nitrogen and oxygen atoms in total. The van der Waals surface area contributed by atoms with Crippen molar-refractivity contribution in [2.24, 2.45) is 0 Å². The Kier molecular flexibility index (Phi) is 6.85. The Morgan fingerprint density at radius 3 is 2.36 bits per heavy atom. The van der Waals surface area contributed by atoms with Crippen molar-refractivity contribution in [2.45, 2.75) is 13.8 Å². The van der Waals surface area contributed by atoms with E-state index in [1.54, 1.807) is 13.8 Å². The number of halogens is 2. The van der Waals surface area contributed by atoms with Gasteiger partial charge in [-0.2, -0.15) is 12.7 Å². The average molecular weight is 335 g/mol. The molecule has 0 saturated heterocycles. The van der Waals surface area contributed by atoms with Crippen LogP contribution < -0.4 is 10.0 Å². The number of carbonyl (C=O) groups is 1. The van der Waals surface area contributed by atoms with Gasteiger partial charge < -0.3 is 5.32 Å². The van der Waals surface area contributed by atoms with Crippen LogP contribution in [0.4, 0.5) is 8.78 Å². The van der Waals surface area contributed by atoms with Crippen molar-refractivity contribution in [3.05, 3.63) is 35.4 Å². The van der Waals surface area contributed by atoms with E-state index in [0.29, 0.717) is 19.2 Å². The van der Waals surface area contributed by atoms with Gasteiger partial charge in [-0.25, -0.2) is 13.5 Å². The summed E-state index contributed by atoms with van der Waals surface area (Å²) in [5.74, 6) is -2.48. The first kappa shape index (κ1) is 18.5. The van der Waals surface area contributed by atoms with E-state index in [9.17, 15) is 22.0 Å². The maximum Gasteiger partial charge on any atom is 0.279 e. The number of hydrogen-bond acceptors (Lipinski definition) is 3. The van der Waals surface area contributed by atoms with Crippen molar-refractivity contribution < 1.29 is 22.0 Å². The number of rotatable bonds is 8. The van der Waals surface area contributed by atoms with Gasteiger partial charge in [0, 0.05) is 32.2 Å². The largest absolute Gasteiger partial charge is 0.351 e. The van der Waals surface area contributed by atoms with Gasteiger partial charge in [-0.1, -0.05) is 13.8 Å². The number of hydrogen-bond donors (Lipinski definition) is 2. The maximum atomic E-state index is 13.4. The quantitative estimate of drug-likeness (QED) is 0.692. The molecule has 1 aromatic rings. The molecule has 0 heterocycles. The molecule has 1 aromatic carbocycles. The van der Waals surface area contributed by atoms with Gasteiger partial charge in [0.25, 0.3) is 16.1 Å². The first-order chi connectivity index (χ1) is 10.3. The van der Waals surface area contributed by atoms with Crippen LogP contribution in [0.3, 0.4) is 0 Å². The monoisotopic (exact) mass is 335 g/mol. The Labute approximate surface area is 128 Å². The van der Waals surface area contributed by atoms with E-state index in [0.717, 1.165) is 12.1 Å². The second-order valence-electron chi connectivity index (χ2n) is 4.36. The van der Waals surface area contributed by atoms with Crippen LogP contribution in [-0.4, -0.2) is 44.8 Å². The molecule has 0 radical (unpaired) electrons. The molecule has 0 atom stereocenters. The van der Waals surface area contributed by atoms with E-state index >= 15 is 0 Å². The van der Waals surface area contributed by atoms with Crippen molar-refractivity contribution in [3.63, 3.8) is 0 Å². The zero-order valence-corrected chi connectivity index (χ0v) is 13.2. The first-order valence-corrected chi connectivity index (χ1v) is 8.23. The van der Waals surface area contributed by atoms with Crippen molar-refractivity contribution in [1.82, 2.24) is 14.3 Å². The van der Waals surface area contributed by atoms with E-state index in [4.69, 9.17) is 0 Å². The minimum absolute atomic E-state index is 0.0177. The molecule has 0 aliphatic carbocycles. The lowest BCUT2D eigenvalue weighted by Crippen LogP contribution is -2.43. The summed E-state index contributed by atoms with van der Waals surface area (Å²) in [6, 6.07) is 2.61. The summed E-state index contributed by atoms with van der Waals surface area (Å²) in [7, 11) is -3.59. The molecule has 1 rings (SSSR count). The molecule has 0 aliphatic rings. The molecule has 0 saturated carbocycles. The van der Waals surface area contributed by atoms with Gasteiger partial charge in [-0.3, -0.25) is 4.79 Å². The number of benzene rings is 1. The minimum atomic E-state index is -3.59. The Morgan fingerprint density at radius 2 is 1.82 bits per heavy atom. The second kappa shape index (κ2) is 8.16. The maximum absolute atomic E-state index is 13.4. The Morgan fingerprint density at radius 1 is 1.18 bits per heavy atom. The van der Waals surface area contributed by atoms with Crippen LogP contribution in [0.1, 0.15) is 24.2 Å². The predicted octanol–water partition coefficient (Wildman–Crippen LogP) is 0.871. The molecule has 0 aliphatic heterocycles. The van der Waals surface area contributed by atoms with Crippen molar-refractivity contribution >= 4 is 16.1 Å². The zero-order chi connectivity index (χ0) is 16.8. The van der Waals surface area contributed by atoms with Crippen LogP contribution in [0, 0.1) is 11.6 Å². The summed E-state index contributed by atoms with van der Waals surface area (Å²) < 4.78 is 53.3. The van der Waals surface area contributed by atoms with E-state index in [2.05, 4.69) is 10.0 Å². The topological polar surface area (TPSA) is 78.5 Å². The lowest BCUT2D eigenvalue weighted by atomic mass is 10.2. The lowest BCUT2D eigenvalue weighted by Gasteiger charge is -2.18. The highest BCUT2D eigenvalue weighted by Crippen LogP contribution is 2.09. The molecule has 0 aromatic heterocycles. The van der Waals surface area contributed by atoms with Crippen LogP contribution in [0.25, 0.3) is 0 Å². The second-order valence-corrected chi connectivity index (χ2v) is 6.12. The third-order valence-corrected chi connectivity index (χ3v) is 4.68. The highest BCUT2D eigenvalue weighted by molar-refractivity contribution is 7.87. The van der Waals surface area contributed by atoms with Crippen LogP contribution in [0.2, 0.25) is 0 Å². The molecule has 22 heavy (non-hydrogen) atoms. The van der Waals surface area contributed by atoms with Gasteiger partial charge >= 0.3 is 0 Å². The van der Waals surface area contributed by atoms with E-state index < -0.39 is 27.8 Å². The van der Waals surface area contributed by atoms with Gasteiger partial charge in [-0.05, 0) is 12.1 Å². The van der Waals surface area contributed by atoms with Crippen LogP contribution >= 0.6 is 0 Å². The molecule has 124 valence electrons. The van der Waals surface area contributed by atoms with Crippen molar-refractivity contribution in [3.8, 4) is 0 Å². The lowest BCUT2D eigenvalue weighted by molar-refractivity contribution is 0.0950. The molecule has 0 fully saturated rings. The third kappa shape index (κ3) is 5.00. The van der Waals surface area contributed by atoms with Crippen molar-refractivity contribution in [2.75, 3.05) is 26.2 Å². The molecule has 0 unspecified atom stereocenters. The average Bonchev–Trinajstić information content (AvgIpc) is 2.44. The number of amides is 1. The fourth-order valence-electron chi connectivity index (χ4n) is 1.78. The predicted molar refractivity (Wildman–Crippen MR) is 78.5 cm³/mol. The van der Waals surface area contributed by atoms with Gasteiger partial charge in [0.1, 0.15) is 11.6 Å². The SMILES string of the molecule is CCN(CC)S(=O)(=O)NCCNC(=O)c1ccc(F)cc1F. The molecular formula is C13H19F2N3O3S. The molecule has 2 N–H and O–H groups in total. The van der Waals surface area contributed by atoms with E-state index in [1.807, 2.05) is 0 Å². The molecule has 9 heteroatoms. The molecule has 0 spiro atoms. The number of nitrogens with zero attached hydrogens (tertiary/aromatic N) is 1. The zero-order valence-electron chi connectivity index (χ0n) is 12.4. The summed E-state index contributed by atoms with van der Waals surface area (Å²) in [6.07, 6.45) is 0. The summed E-state index contributed by atoms with van der Waals surface area (Å²) >= 11 is 0. The Balaban J connectivity index is 2.49. The number of carbonyl (C=O) groups excluding carboxylic acids is 1. The smallest absolute Gasteiger partial charge is 0.279 e. The number of nitrogens with one attached hydrogen (secondary N) is 2. The summed E-state index contributed by atoms with van der Waals surface area (Å²) in [5, 5.41) is 2.36. The van der Waals surface area contributed by atoms with Crippen LogP contribution in [-0.2, 0) is 10.2 Å². The van der Waals surface area contributed by atoms with Crippen LogP contribution in [0.15, 0.2) is 18.2 Å². The summed E-state index contributed by atoms with van der Waals surface area (Å²) in [4.78, 5) is 11.7. The van der Waals surface area contributed by atoms with Gasteiger partial charge in [0.15, 0.2) is 0 Å².